The molecule has 11 heavy (non-hydrogen) atoms. The van der Waals surface area contributed by atoms with E-state index in [1.165, 1.54) is 12.8 Å². The summed E-state index contributed by atoms with van der Waals surface area (Å²) in [5.41, 5.74) is -0.388. The van der Waals surface area contributed by atoms with Crippen LogP contribution >= 0.6 is 0 Å². The highest BCUT2D eigenvalue weighted by Gasteiger charge is 2.47. The van der Waals surface area contributed by atoms with Gasteiger partial charge in [0, 0.05) is 13.1 Å². The number of carbonyl (C=O) groups is 1. The molecule has 2 rings (SSSR count). The van der Waals surface area contributed by atoms with Crippen LogP contribution in [0.1, 0.15) is 19.3 Å². The molecule has 0 aromatic carbocycles. The van der Waals surface area contributed by atoms with Gasteiger partial charge in [-0.25, -0.2) is 0 Å². The van der Waals surface area contributed by atoms with Gasteiger partial charge in [-0.15, -0.1) is 0 Å². The van der Waals surface area contributed by atoms with Crippen LogP contribution in [0, 0.1) is 11.3 Å². The summed E-state index contributed by atoms with van der Waals surface area (Å²) in [6.45, 7) is 1.36. The van der Waals surface area contributed by atoms with Gasteiger partial charge in [0.05, 0.1) is 5.41 Å². The highest BCUT2D eigenvalue weighted by atomic mass is 16.4. The first-order valence-corrected chi connectivity index (χ1v) is 4.17. The summed E-state index contributed by atoms with van der Waals surface area (Å²) in [4.78, 5) is 10.8. The predicted molar refractivity (Wildman–Crippen MR) is 40.3 cm³/mol. The summed E-state index contributed by atoms with van der Waals surface area (Å²) < 4.78 is 0. The van der Waals surface area contributed by atoms with Gasteiger partial charge in [-0.2, -0.15) is 0 Å². The number of hydrogen-bond donors (Lipinski definition) is 2. The monoisotopic (exact) mass is 155 g/mol. The van der Waals surface area contributed by atoms with Crippen molar-refractivity contribution < 1.29 is 9.90 Å². The van der Waals surface area contributed by atoms with Crippen molar-refractivity contribution >= 4 is 5.97 Å². The molecule has 2 fully saturated rings. The Bertz CT molecular complexity index is 183. The first kappa shape index (κ1) is 7.10. The molecule has 1 aliphatic heterocycles. The van der Waals surface area contributed by atoms with Crippen molar-refractivity contribution in [1.82, 2.24) is 5.32 Å². The van der Waals surface area contributed by atoms with Crippen molar-refractivity contribution in [2.24, 2.45) is 11.3 Å². The fourth-order valence-corrected chi connectivity index (χ4v) is 1.68. The van der Waals surface area contributed by atoms with E-state index in [-0.39, 0.29) is 5.41 Å². The van der Waals surface area contributed by atoms with E-state index in [0.29, 0.717) is 19.0 Å². The van der Waals surface area contributed by atoms with E-state index >= 15 is 0 Å². The third-order valence-electron chi connectivity index (χ3n) is 2.76. The molecule has 1 heterocycles. The molecule has 1 saturated heterocycles. The summed E-state index contributed by atoms with van der Waals surface area (Å²) >= 11 is 0. The lowest BCUT2D eigenvalue weighted by Gasteiger charge is -2.38. The third kappa shape index (κ3) is 1.13. The van der Waals surface area contributed by atoms with Crippen molar-refractivity contribution in [3.05, 3.63) is 0 Å². The molecule has 0 aromatic heterocycles. The average Bonchev–Trinajstić information content (AvgIpc) is 2.60. The standard InChI is InChI=1S/C8H13NO2/c10-7(11)8(4-9-5-8)3-6-1-2-6/h6,9H,1-5H2,(H,10,11). The maximum atomic E-state index is 10.8. The number of nitrogens with one attached hydrogen (secondary N) is 1. The quantitative estimate of drug-likeness (QED) is 0.622. The van der Waals surface area contributed by atoms with E-state index in [9.17, 15) is 4.79 Å². The maximum absolute atomic E-state index is 10.8. The molecular formula is C8H13NO2. The van der Waals surface area contributed by atoms with Crippen molar-refractivity contribution in [3.8, 4) is 0 Å². The molecular weight excluding hydrogens is 142 g/mol. The second-order valence-electron chi connectivity index (χ2n) is 3.84. The van der Waals surface area contributed by atoms with Crippen molar-refractivity contribution in [3.63, 3.8) is 0 Å². The molecule has 0 amide bonds. The average molecular weight is 155 g/mol. The Kier molecular flexibility index (Phi) is 1.42. The van der Waals surface area contributed by atoms with Crippen molar-refractivity contribution in [2.75, 3.05) is 13.1 Å². The van der Waals surface area contributed by atoms with Gasteiger partial charge in [0.1, 0.15) is 0 Å². The lowest BCUT2D eigenvalue weighted by atomic mass is 9.77. The van der Waals surface area contributed by atoms with Gasteiger partial charge < -0.3 is 10.4 Å². The summed E-state index contributed by atoms with van der Waals surface area (Å²) in [5, 5.41) is 12.0. The first-order valence-electron chi connectivity index (χ1n) is 4.17. The van der Waals surface area contributed by atoms with E-state index in [1.807, 2.05) is 0 Å². The zero-order valence-corrected chi connectivity index (χ0v) is 6.47. The van der Waals surface area contributed by atoms with E-state index < -0.39 is 5.97 Å². The topological polar surface area (TPSA) is 49.3 Å². The highest BCUT2D eigenvalue weighted by Crippen LogP contribution is 2.42. The van der Waals surface area contributed by atoms with Crippen LogP contribution in [0.3, 0.4) is 0 Å². The smallest absolute Gasteiger partial charge is 0.312 e. The van der Waals surface area contributed by atoms with Crippen LogP contribution in [-0.2, 0) is 4.79 Å². The molecule has 2 aliphatic rings. The maximum Gasteiger partial charge on any atom is 0.312 e. The van der Waals surface area contributed by atoms with Gasteiger partial charge in [0.2, 0.25) is 0 Å². The second-order valence-corrected chi connectivity index (χ2v) is 3.84. The second kappa shape index (κ2) is 2.21. The highest BCUT2D eigenvalue weighted by molar-refractivity contribution is 5.76. The van der Waals surface area contributed by atoms with Gasteiger partial charge in [0.15, 0.2) is 0 Å². The molecule has 1 saturated carbocycles. The van der Waals surface area contributed by atoms with Crippen LogP contribution in [0.4, 0.5) is 0 Å². The molecule has 0 aromatic rings. The van der Waals surface area contributed by atoms with Gasteiger partial charge in [-0.3, -0.25) is 4.79 Å². The van der Waals surface area contributed by atoms with Crippen LogP contribution < -0.4 is 5.32 Å². The van der Waals surface area contributed by atoms with E-state index in [4.69, 9.17) is 5.11 Å². The third-order valence-corrected chi connectivity index (χ3v) is 2.76. The molecule has 3 nitrogen and oxygen atoms in total. The summed E-state index contributed by atoms with van der Waals surface area (Å²) in [5.74, 6) is 0.108. The van der Waals surface area contributed by atoms with Crippen molar-refractivity contribution in [2.45, 2.75) is 19.3 Å². The van der Waals surface area contributed by atoms with E-state index in [1.54, 1.807) is 0 Å². The molecule has 1 aliphatic carbocycles. The SMILES string of the molecule is O=C(O)C1(CC2CC2)CNC1. The fraction of sp³-hybridized carbons (Fsp3) is 0.875. The fourth-order valence-electron chi connectivity index (χ4n) is 1.68. The molecule has 0 bridgehead atoms. The van der Waals surface area contributed by atoms with Crippen molar-refractivity contribution in [1.29, 1.82) is 0 Å². The number of carboxylic acid groups (broad SMARTS) is 1. The lowest BCUT2D eigenvalue weighted by molar-refractivity contribution is -0.153. The summed E-state index contributed by atoms with van der Waals surface area (Å²) in [6, 6.07) is 0. The number of hydrogen-bond acceptors (Lipinski definition) is 2. The minimum atomic E-state index is -0.608. The molecule has 0 unspecified atom stereocenters. The van der Waals surface area contributed by atoms with Crippen LogP contribution in [-0.4, -0.2) is 24.2 Å². The zero-order valence-electron chi connectivity index (χ0n) is 6.47. The minimum Gasteiger partial charge on any atom is -0.481 e. The molecule has 2 N–H and O–H groups in total. The number of aliphatic carboxylic acids is 1. The van der Waals surface area contributed by atoms with Gasteiger partial charge in [0.25, 0.3) is 0 Å². The summed E-state index contributed by atoms with van der Waals surface area (Å²) in [7, 11) is 0. The Hall–Kier alpha value is -0.570. The Morgan fingerprint density at radius 1 is 1.55 bits per heavy atom. The Morgan fingerprint density at radius 3 is 2.45 bits per heavy atom. The van der Waals surface area contributed by atoms with Crippen LogP contribution in [0.15, 0.2) is 0 Å². The van der Waals surface area contributed by atoms with E-state index in [0.717, 1.165) is 6.42 Å². The normalized spacial score (nSPS) is 27.6. The Morgan fingerprint density at radius 2 is 2.18 bits per heavy atom. The summed E-state index contributed by atoms with van der Waals surface area (Å²) in [6.07, 6.45) is 3.39. The number of rotatable bonds is 3. The Balaban J connectivity index is 1.97. The molecule has 0 atom stereocenters. The largest absolute Gasteiger partial charge is 0.481 e. The van der Waals surface area contributed by atoms with Crippen LogP contribution in [0.5, 0.6) is 0 Å². The molecule has 0 radical (unpaired) electrons. The van der Waals surface area contributed by atoms with Crippen LogP contribution in [0.2, 0.25) is 0 Å². The minimum absolute atomic E-state index is 0.388. The van der Waals surface area contributed by atoms with Gasteiger partial charge >= 0.3 is 5.97 Å². The lowest BCUT2D eigenvalue weighted by Crippen LogP contribution is -2.58. The number of carboxylic acids is 1. The van der Waals surface area contributed by atoms with Gasteiger partial charge in [-0.05, 0) is 12.3 Å². The van der Waals surface area contributed by atoms with Crippen LogP contribution in [0.25, 0.3) is 0 Å². The Labute approximate surface area is 65.8 Å². The molecule has 0 spiro atoms. The predicted octanol–water partition coefficient (Wildman–Crippen LogP) is 0.461. The first-order chi connectivity index (χ1) is 5.23. The zero-order chi connectivity index (χ0) is 7.90. The van der Waals surface area contributed by atoms with Gasteiger partial charge in [-0.1, -0.05) is 12.8 Å². The molecule has 3 heteroatoms. The van der Waals surface area contributed by atoms with E-state index in [2.05, 4.69) is 5.32 Å². The molecule has 62 valence electrons.